The average Bonchev–Trinajstić information content (AvgIpc) is 3.01. The maximum atomic E-state index is 5.59. The zero-order valence-electron chi connectivity index (χ0n) is 9.23. The third-order valence-corrected chi connectivity index (χ3v) is 2.15. The maximum Gasteiger partial charge on any atom is 0.229 e. The summed E-state index contributed by atoms with van der Waals surface area (Å²) in [4.78, 5) is 12.2. The summed E-state index contributed by atoms with van der Waals surface area (Å²) < 4.78 is 4.92. The first kappa shape index (κ1) is 10.9. The molecule has 1 aromatic rings. The molecule has 16 heavy (non-hydrogen) atoms. The predicted octanol–water partition coefficient (Wildman–Crippen LogP) is 0.0864. The number of rotatable bonds is 6. The Hall–Kier alpha value is -1.63. The summed E-state index contributed by atoms with van der Waals surface area (Å²) in [5.41, 5.74) is 5.59. The summed E-state index contributed by atoms with van der Waals surface area (Å²) in [5.74, 6) is 1.24. The molecule has 1 aliphatic carbocycles. The number of hydrogen-bond acceptors (Lipinski definition) is 7. The summed E-state index contributed by atoms with van der Waals surface area (Å²) in [6, 6.07) is 0.494. The maximum absolute atomic E-state index is 5.59. The van der Waals surface area contributed by atoms with Gasteiger partial charge in [0.2, 0.25) is 17.8 Å². The van der Waals surface area contributed by atoms with Crippen LogP contribution in [0.25, 0.3) is 0 Å². The first-order valence-corrected chi connectivity index (χ1v) is 5.29. The Morgan fingerprint density at radius 2 is 2.06 bits per heavy atom. The minimum atomic E-state index is 0.220. The second-order valence-electron chi connectivity index (χ2n) is 3.68. The van der Waals surface area contributed by atoms with Crippen molar-refractivity contribution in [3.05, 3.63) is 0 Å². The number of ether oxygens (including phenoxy) is 1. The summed E-state index contributed by atoms with van der Waals surface area (Å²) in [6.07, 6.45) is 2.33. The number of nitrogen functional groups attached to an aromatic ring is 1. The molecule has 0 unspecified atom stereocenters. The fourth-order valence-electron chi connectivity index (χ4n) is 1.21. The van der Waals surface area contributed by atoms with Crippen molar-refractivity contribution in [1.29, 1.82) is 0 Å². The number of nitrogens with zero attached hydrogens (tertiary/aromatic N) is 3. The monoisotopic (exact) mass is 224 g/mol. The molecule has 0 bridgehead atoms. The molecule has 1 fully saturated rings. The van der Waals surface area contributed by atoms with Crippen molar-refractivity contribution in [2.75, 3.05) is 36.6 Å². The fourth-order valence-corrected chi connectivity index (χ4v) is 1.21. The lowest BCUT2D eigenvalue weighted by Gasteiger charge is -2.07. The first-order valence-electron chi connectivity index (χ1n) is 5.29. The van der Waals surface area contributed by atoms with E-state index in [0.717, 1.165) is 12.8 Å². The van der Waals surface area contributed by atoms with Crippen LogP contribution < -0.4 is 16.4 Å². The minimum absolute atomic E-state index is 0.220. The van der Waals surface area contributed by atoms with Crippen LogP contribution in [0, 0.1) is 0 Å². The van der Waals surface area contributed by atoms with Crippen LogP contribution in [-0.4, -0.2) is 41.3 Å². The molecule has 1 aliphatic rings. The van der Waals surface area contributed by atoms with Gasteiger partial charge in [-0.15, -0.1) is 0 Å². The smallest absolute Gasteiger partial charge is 0.229 e. The lowest BCUT2D eigenvalue weighted by atomic mass is 10.6. The lowest BCUT2D eigenvalue weighted by molar-refractivity contribution is 0.210. The molecule has 0 aliphatic heterocycles. The highest BCUT2D eigenvalue weighted by Gasteiger charge is 2.22. The van der Waals surface area contributed by atoms with Crippen LogP contribution in [0.3, 0.4) is 0 Å². The van der Waals surface area contributed by atoms with Crippen LogP contribution in [0.2, 0.25) is 0 Å². The van der Waals surface area contributed by atoms with Crippen LogP contribution in [0.4, 0.5) is 17.8 Å². The van der Waals surface area contributed by atoms with Crippen molar-refractivity contribution in [2.24, 2.45) is 0 Å². The molecule has 2 rings (SSSR count). The van der Waals surface area contributed by atoms with E-state index in [-0.39, 0.29) is 5.95 Å². The highest BCUT2D eigenvalue weighted by atomic mass is 16.5. The van der Waals surface area contributed by atoms with Gasteiger partial charge >= 0.3 is 0 Å². The van der Waals surface area contributed by atoms with Gasteiger partial charge in [-0.3, -0.25) is 0 Å². The van der Waals surface area contributed by atoms with E-state index in [1.165, 1.54) is 0 Å². The van der Waals surface area contributed by atoms with E-state index in [1.807, 2.05) is 0 Å². The van der Waals surface area contributed by atoms with E-state index >= 15 is 0 Å². The number of methoxy groups -OCH3 is 1. The molecule has 7 nitrogen and oxygen atoms in total. The summed E-state index contributed by atoms with van der Waals surface area (Å²) >= 11 is 0. The molecule has 0 radical (unpaired) electrons. The standard InChI is InChI=1S/C9H16N6O/c1-16-5-4-11-8-13-7(10)14-9(15-8)12-6-2-3-6/h6H,2-5H2,1H3,(H4,10,11,12,13,14,15). The Bertz CT molecular complexity index is 354. The van der Waals surface area contributed by atoms with Crippen molar-refractivity contribution >= 4 is 17.8 Å². The first-order chi connectivity index (χ1) is 7.78. The summed E-state index contributed by atoms with van der Waals surface area (Å²) in [7, 11) is 1.64. The van der Waals surface area contributed by atoms with E-state index in [9.17, 15) is 0 Å². The van der Waals surface area contributed by atoms with Gasteiger partial charge in [0.05, 0.1) is 6.61 Å². The van der Waals surface area contributed by atoms with Crippen molar-refractivity contribution in [2.45, 2.75) is 18.9 Å². The predicted molar refractivity (Wildman–Crippen MR) is 61.2 cm³/mol. The number of nitrogens with two attached hydrogens (primary N) is 1. The number of anilines is 3. The van der Waals surface area contributed by atoms with Crippen LogP contribution in [0.15, 0.2) is 0 Å². The van der Waals surface area contributed by atoms with E-state index in [0.29, 0.717) is 31.1 Å². The SMILES string of the molecule is COCCNc1nc(N)nc(NC2CC2)n1. The van der Waals surface area contributed by atoms with Gasteiger partial charge in [0.15, 0.2) is 0 Å². The van der Waals surface area contributed by atoms with Gasteiger partial charge in [-0.2, -0.15) is 15.0 Å². The van der Waals surface area contributed by atoms with Crippen molar-refractivity contribution < 1.29 is 4.74 Å². The molecular weight excluding hydrogens is 208 g/mol. The highest BCUT2D eigenvalue weighted by molar-refractivity contribution is 5.41. The van der Waals surface area contributed by atoms with Crippen molar-refractivity contribution in [1.82, 2.24) is 15.0 Å². The van der Waals surface area contributed by atoms with Gasteiger partial charge in [0.25, 0.3) is 0 Å². The largest absolute Gasteiger partial charge is 0.383 e. The Labute approximate surface area is 93.8 Å². The molecule has 1 aromatic heterocycles. The van der Waals surface area contributed by atoms with E-state index in [2.05, 4.69) is 25.6 Å². The molecule has 0 atom stereocenters. The molecule has 7 heteroatoms. The number of nitrogens with one attached hydrogen (secondary N) is 2. The molecule has 1 saturated carbocycles. The molecular formula is C9H16N6O. The lowest BCUT2D eigenvalue weighted by Crippen LogP contribution is -2.14. The van der Waals surface area contributed by atoms with Gasteiger partial charge in [-0.05, 0) is 12.8 Å². The third-order valence-electron chi connectivity index (χ3n) is 2.15. The van der Waals surface area contributed by atoms with Gasteiger partial charge in [-0.1, -0.05) is 0 Å². The molecule has 0 amide bonds. The van der Waals surface area contributed by atoms with E-state index < -0.39 is 0 Å². The quantitative estimate of drug-likeness (QED) is 0.589. The van der Waals surface area contributed by atoms with Crippen LogP contribution in [0.5, 0.6) is 0 Å². The third kappa shape index (κ3) is 3.20. The molecule has 1 heterocycles. The topological polar surface area (TPSA) is 98.0 Å². The van der Waals surface area contributed by atoms with Crippen LogP contribution in [-0.2, 0) is 4.74 Å². The Kier molecular flexibility index (Phi) is 3.35. The van der Waals surface area contributed by atoms with E-state index in [4.69, 9.17) is 10.5 Å². The molecule has 0 spiro atoms. The highest BCUT2D eigenvalue weighted by Crippen LogP contribution is 2.23. The van der Waals surface area contributed by atoms with Gasteiger partial charge in [0.1, 0.15) is 0 Å². The average molecular weight is 224 g/mol. The van der Waals surface area contributed by atoms with Crippen molar-refractivity contribution in [3.63, 3.8) is 0 Å². The van der Waals surface area contributed by atoms with Crippen LogP contribution in [0.1, 0.15) is 12.8 Å². The molecule has 88 valence electrons. The van der Waals surface area contributed by atoms with Crippen molar-refractivity contribution in [3.8, 4) is 0 Å². The van der Waals surface area contributed by atoms with Gasteiger partial charge < -0.3 is 21.1 Å². The fraction of sp³-hybridized carbons (Fsp3) is 0.667. The Balaban J connectivity index is 1.96. The molecule has 4 N–H and O–H groups in total. The zero-order chi connectivity index (χ0) is 11.4. The summed E-state index contributed by atoms with van der Waals surface area (Å²) in [6.45, 7) is 1.24. The van der Waals surface area contributed by atoms with Gasteiger partial charge in [0, 0.05) is 19.7 Å². The number of hydrogen-bond donors (Lipinski definition) is 3. The second kappa shape index (κ2) is 4.93. The Morgan fingerprint density at radius 3 is 2.75 bits per heavy atom. The molecule has 0 aromatic carbocycles. The van der Waals surface area contributed by atoms with Crippen LogP contribution >= 0.6 is 0 Å². The zero-order valence-corrected chi connectivity index (χ0v) is 9.23. The second-order valence-corrected chi connectivity index (χ2v) is 3.68. The molecule has 0 saturated heterocycles. The number of aromatic nitrogens is 3. The Morgan fingerprint density at radius 1 is 1.31 bits per heavy atom. The van der Waals surface area contributed by atoms with Gasteiger partial charge in [-0.25, -0.2) is 0 Å². The normalized spacial score (nSPS) is 14.8. The van der Waals surface area contributed by atoms with E-state index in [1.54, 1.807) is 7.11 Å². The summed E-state index contributed by atoms with van der Waals surface area (Å²) in [5, 5.41) is 6.19. The minimum Gasteiger partial charge on any atom is -0.383 e.